The molecule has 104 valence electrons. The van der Waals surface area contributed by atoms with Gasteiger partial charge in [-0.25, -0.2) is 0 Å². The van der Waals surface area contributed by atoms with Crippen LogP contribution in [0.2, 0.25) is 0 Å². The van der Waals surface area contributed by atoms with Gasteiger partial charge in [-0.1, -0.05) is 0 Å². The van der Waals surface area contributed by atoms with Crippen LogP contribution in [0, 0.1) is 0 Å². The first-order valence-corrected chi connectivity index (χ1v) is 7.50. The van der Waals surface area contributed by atoms with Crippen LogP contribution in [0.5, 0.6) is 0 Å². The van der Waals surface area contributed by atoms with E-state index in [1.165, 1.54) is 32.2 Å². The van der Waals surface area contributed by atoms with Crippen LogP contribution in [0.4, 0.5) is 0 Å². The lowest BCUT2D eigenvalue weighted by molar-refractivity contribution is 0.0337. The van der Waals surface area contributed by atoms with Crippen LogP contribution in [0.25, 0.3) is 0 Å². The summed E-state index contributed by atoms with van der Waals surface area (Å²) in [5.74, 6) is 0. The van der Waals surface area contributed by atoms with Crippen LogP contribution in [0.3, 0.4) is 0 Å². The maximum absolute atomic E-state index is 5.40. The Bertz CT molecular complexity index is 269. The molecule has 0 saturated carbocycles. The Labute approximate surface area is 116 Å². The molecule has 18 heavy (non-hydrogen) atoms. The molecule has 1 N–H and O–H groups in total. The molecule has 1 atom stereocenters. The van der Waals surface area contributed by atoms with E-state index in [9.17, 15) is 0 Å². The number of nitrogens with zero attached hydrogens (tertiary/aromatic N) is 2. The molecule has 1 unspecified atom stereocenters. The minimum atomic E-state index is 0.626. The van der Waals surface area contributed by atoms with E-state index >= 15 is 0 Å². The van der Waals surface area contributed by atoms with Gasteiger partial charge < -0.3 is 15.0 Å². The van der Waals surface area contributed by atoms with Gasteiger partial charge in [-0.2, -0.15) is 0 Å². The molecule has 2 fully saturated rings. The van der Waals surface area contributed by atoms with Crippen molar-refractivity contribution in [2.45, 2.75) is 31.7 Å². The number of morpholine rings is 1. The molecule has 2 saturated heterocycles. The molecule has 0 aromatic carbocycles. The number of hydrogen-bond donors (Lipinski definition) is 1. The zero-order valence-corrected chi connectivity index (χ0v) is 12.2. The Morgan fingerprint density at radius 1 is 1.28 bits per heavy atom. The molecule has 4 nitrogen and oxygen atoms in total. The summed E-state index contributed by atoms with van der Waals surface area (Å²) in [5.41, 5.74) is 0. The molecule has 0 aromatic rings. The molecule has 2 aliphatic heterocycles. The molecule has 0 bridgehead atoms. The van der Waals surface area contributed by atoms with Crippen LogP contribution in [-0.2, 0) is 4.74 Å². The van der Waals surface area contributed by atoms with E-state index < -0.39 is 0 Å². The van der Waals surface area contributed by atoms with Crippen LogP contribution in [0.15, 0.2) is 0 Å². The molecule has 2 heterocycles. The van der Waals surface area contributed by atoms with Gasteiger partial charge in [-0.15, -0.1) is 0 Å². The van der Waals surface area contributed by atoms with Crippen LogP contribution < -0.4 is 5.32 Å². The molecule has 0 aromatic heterocycles. The molecule has 0 spiro atoms. The number of thiocarbonyl (C=S) groups is 1. The van der Waals surface area contributed by atoms with Crippen molar-refractivity contribution in [2.24, 2.45) is 0 Å². The summed E-state index contributed by atoms with van der Waals surface area (Å²) in [6.45, 7) is 6.25. The van der Waals surface area contributed by atoms with Crippen molar-refractivity contribution in [2.75, 3.05) is 46.4 Å². The van der Waals surface area contributed by atoms with Crippen molar-refractivity contribution in [3.8, 4) is 0 Å². The van der Waals surface area contributed by atoms with E-state index in [4.69, 9.17) is 17.0 Å². The second-order valence-electron chi connectivity index (χ2n) is 5.14. The number of hydrogen-bond acceptors (Lipinski definition) is 3. The van der Waals surface area contributed by atoms with Crippen LogP contribution >= 0.6 is 12.2 Å². The summed E-state index contributed by atoms with van der Waals surface area (Å²) in [6.07, 6.45) is 5.13. The largest absolute Gasteiger partial charge is 0.379 e. The lowest BCUT2D eigenvalue weighted by atomic mass is 9.99. The normalized spacial score (nSPS) is 26.1. The van der Waals surface area contributed by atoms with Gasteiger partial charge in [0.25, 0.3) is 0 Å². The van der Waals surface area contributed by atoms with Gasteiger partial charge in [0, 0.05) is 39.3 Å². The number of ether oxygens (including phenoxy) is 1. The zero-order valence-electron chi connectivity index (χ0n) is 11.4. The van der Waals surface area contributed by atoms with Gasteiger partial charge in [-0.05, 0) is 37.9 Å². The zero-order chi connectivity index (χ0) is 12.8. The Hall–Kier alpha value is -0.390. The van der Waals surface area contributed by atoms with Crippen molar-refractivity contribution >= 4 is 17.3 Å². The van der Waals surface area contributed by atoms with E-state index in [1.807, 2.05) is 7.05 Å². The van der Waals surface area contributed by atoms with E-state index in [2.05, 4.69) is 15.1 Å². The SMILES string of the molecule is CNC(=S)N1CCCCC1CCN1CCOCC1. The Morgan fingerprint density at radius 2 is 2.06 bits per heavy atom. The average Bonchev–Trinajstić information content (AvgIpc) is 2.45. The van der Waals surface area contributed by atoms with Crippen molar-refractivity contribution in [3.05, 3.63) is 0 Å². The summed E-state index contributed by atoms with van der Waals surface area (Å²) >= 11 is 5.40. The molecular weight excluding hydrogens is 246 g/mol. The molecule has 0 radical (unpaired) electrons. The minimum Gasteiger partial charge on any atom is -0.379 e. The molecule has 2 aliphatic rings. The van der Waals surface area contributed by atoms with Crippen molar-refractivity contribution in [1.29, 1.82) is 0 Å². The molecular formula is C13H25N3OS. The molecule has 0 amide bonds. The minimum absolute atomic E-state index is 0.626. The average molecular weight is 271 g/mol. The molecule has 2 rings (SSSR count). The highest BCUT2D eigenvalue weighted by molar-refractivity contribution is 7.80. The maximum Gasteiger partial charge on any atom is 0.168 e. The maximum atomic E-state index is 5.40. The van der Waals surface area contributed by atoms with Crippen molar-refractivity contribution in [3.63, 3.8) is 0 Å². The highest BCUT2D eigenvalue weighted by atomic mass is 32.1. The van der Waals surface area contributed by atoms with Gasteiger partial charge in [0.15, 0.2) is 5.11 Å². The van der Waals surface area contributed by atoms with Gasteiger partial charge >= 0.3 is 0 Å². The van der Waals surface area contributed by atoms with Crippen molar-refractivity contribution in [1.82, 2.24) is 15.1 Å². The Morgan fingerprint density at radius 3 is 2.78 bits per heavy atom. The highest BCUT2D eigenvalue weighted by Crippen LogP contribution is 2.20. The molecule has 5 heteroatoms. The summed E-state index contributed by atoms with van der Waals surface area (Å²) < 4.78 is 5.39. The topological polar surface area (TPSA) is 27.7 Å². The lowest BCUT2D eigenvalue weighted by Crippen LogP contribution is -2.49. The number of likely N-dealkylation sites (tertiary alicyclic amines) is 1. The van der Waals surface area contributed by atoms with E-state index in [0.717, 1.165) is 38.0 Å². The lowest BCUT2D eigenvalue weighted by Gasteiger charge is -2.38. The van der Waals surface area contributed by atoms with Gasteiger partial charge in [-0.3, -0.25) is 4.90 Å². The predicted octanol–water partition coefficient (Wildman–Crippen LogP) is 1.07. The predicted molar refractivity (Wildman–Crippen MR) is 77.9 cm³/mol. The summed E-state index contributed by atoms with van der Waals surface area (Å²) in [7, 11) is 1.93. The Kier molecular flexibility index (Phi) is 5.66. The second kappa shape index (κ2) is 7.26. The standard InChI is InChI=1S/C13H25N3OS/c1-14-13(18)16-6-3-2-4-12(16)5-7-15-8-10-17-11-9-15/h12H,2-11H2,1H3,(H,14,18). The fraction of sp³-hybridized carbons (Fsp3) is 0.923. The number of piperidine rings is 1. The second-order valence-corrected chi connectivity index (χ2v) is 5.53. The van der Waals surface area contributed by atoms with Gasteiger partial charge in [0.05, 0.1) is 13.2 Å². The quantitative estimate of drug-likeness (QED) is 0.775. The molecule has 0 aliphatic carbocycles. The monoisotopic (exact) mass is 271 g/mol. The van der Waals surface area contributed by atoms with Crippen molar-refractivity contribution < 1.29 is 4.74 Å². The Balaban J connectivity index is 1.79. The highest BCUT2D eigenvalue weighted by Gasteiger charge is 2.24. The van der Waals surface area contributed by atoms with Crippen LogP contribution in [0.1, 0.15) is 25.7 Å². The first kappa shape index (κ1) is 14.0. The third-order valence-electron chi connectivity index (χ3n) is 3.98. The fourth-order valence-corrected chi connectivity index (χ4v) is 3.11. The number of rotatable bonds is 3. The van der Waals surface area contributed by atoms with Crippen LogP contribution in [-0.4, -0.2) is 67.4 Å². The third kappa shape index (κ3) is 3.80. The summed E-state index contributed by atoms with van der Waals surface area (Å²) in [4.78, 5) is 4.90. The fourth-order valence-electron chi connectivity index (χ4n) is 2.87. The van der Waals surface area contributed by atoms with E-state index in [-0.39, 0.29) is 0 Å². The summed E-state index contributed by atoms with van der Waals surface area (Å²) in [6, 6.07) is 0.626. The number of nitrogens with one attached hydrogen (secondary N) is 1. The van der Waals surface area contributed by atoms with E-state index in [0.29, 0.717) is 6.04 Å². The first-order valence-electron chi connectivity index (χ1n) is 7.09. The van der Waals surface area contributed by atoms with E-state index in [1.54, 1.807) is 0 Å². The van der Waals surface area contributed by atoms with Gasteiger partial charge in [0.2, 0.25) is 0 Å². The summed E-state index contributed by atoms with van der Waals surface area (Å²) in [5, 5.41) is 4.04. The first-order chi connectivity index (χ1) is 8.81. The van der Waals surface area contributed by atoms with Gasteiger partial charge in [0.1, 0.15) is 0 Å². The smallest absolute Gasteiger partial charge is 0.168 e. The third-order valence-corrected chi connectivity index (χ3v) is 4.42.